The average Bonchev–Trinajstić information content (AvgIpc) is 2.92. The van der Waals surface area contributed by atoms with Crippen molar-refractivity contribution in [1.82, 2.24) is 10.2 Å². The van der Waals surface area contributed by atoms with Crippen LogP contribution in [-0.4, -0.2) is 34.6 Å². The standard InChI is InChI=1S/C33H38Cl2N2O2S/c1-23-15-24(2)17-26(16-23)21-40-22-32(38)37(20-27-13-14-28(34)19-30(27)35)31(18-25-9-5-3-6-10-25)33(39)36-29-11-7-4-8-12-29/h3,5-6,9-10,13-17,19,29,31H,4,7-8,11-12,18,20-22H2,1-2H3,(H,36,39)/t31-/m1/s1. The summed E-state index contributed by atoms with van der Waals surface area (Å²) in [6.45, 7) is 4.40. The van der Waals surface area contributed by atoms with Crippen LogP contribution >= 0.6 is 35.0 Å². The van der Waals surface area contributed by atoms with Gasteiger partial charge in [-0.1, -0.05) is 108 Å². The molecule has 1 aliphatic rings. The Balaban J connectivity index is 1.59. The molecule has 0 unspecified atom stereocenters. The van der Waals surface area contributed by atoms with E-state index < -0.39 is 6.04 Å². The van der Waals surface area contributed by atoms with Gasteiger partial charge < -0.3 is 10.2 Å². The van der Waals surface area contributed by atoms with Crippen LogP contribution in [0.25, 0.3) is 0 Å². The van der Waals surface area contributed by atoms with Gasteiger partial charge in [-0.2, -0.15) is 0 Å². The van der Waals surface area contributed by atoms with Gasteiger partial charge in [-0.15, -0.1) is 11.8 Å². The first kappa shape index (κ1) is 30.5. The monoisotopic (exact) mass is 596 g/mol. The Hall–Kier alpha value is -2.47. The summed E-state index contributed by atoms with van der Waals surface area (Å²) in [4.78, 5) is 29.5. The molecule has 0 aromatic heterocycles. The number of halogens is 2. The van der Waals surface area contributed by atoms with Crippen LogP contribution < -0.4 is 5.32 Å². The van der Waals surface area contributed by atoms with Gasteiger partial charge in [-0.25, -0.2) is 0 Å². The summed E-state index contributed by atoms with van der Waals surface area (Å²) in [7, 11) is 0. The zero-order valence-electron chi connectivity index (χ0n) is 23.3. The van der Waals surface area contributed by atoms with Gasteiger partial charge in [0.15, 0.2) is 0 Å². The molecule has 3 aromatic rings. The van der Waals surface area contributed by atoms with Crippen LogP contribution in [0.1, 0.15) is 59.9 Å². The van der Waals surface area contributed by atoms with Crippen molar-refractivity contribution in [2.75, 3.05) is 5.75 Å². The van der Waals surface area contributed by atoms with Crippen molar-refractivity contribution < 1.29 is 9.59 Å². The van der Waals surface area contributed by atoms with E-state index in [4.69, 9.17) is 23.2 Å². The van der Waals surface area contributed by atoms with Crippen molar-refractivity contribution in [3.63, 3.8) is 0 Å². The molecule has 0 aliphatic heterocycles. The Morgan fingerprint density at radius 3 is 2.30 bits per heavy atom. The first-order chi connectivity index (χ1) is 19.3. The summed E-state index contributed by atoms with van der Waals surface area (Å²) in [5.41, 5.74) is 5.39. The molecule has 0 bridgehead atoms. The lowest BCUT2D eigenvalue weighted by Crippen LogP contribution is -2.53. The molecule has 1 saturated carbocycles. The molecule has 40 heavy (non-hydrogen) atoms. The quantitative estimate of drug-likeness (QED) is 0.244. The number of amides is 2. The zero-order chi connectivity index (χ0) is 28.5. The van der Waals surface area contributed by atoms with Gasteiger partial charge >= 0.3 is 0 Å². The van der Waals surface area contributed by atoms with Crippen molar-refractivity contribution in [2.24, 2.45) is 0 Å². The fraction of sp³-hybridized carbons (Fsp3) is 0.394. The van der Waals surface area contributed by atoms with E-state index >= 15 is 0 Å². The molecular formula is C33H38Cl2N2O2S. The predicted molar refractivity (Wildman–Crippen MR) is 168 cm³/mol. The Morgan fingerprint density at radius 1 is 0.925 bits per heavy atom. The summed E-state index contributed by atoms with van der Waals surface area (Å²) < 4.78 is 0. The first-order valence-electron chi connectivity index (χ1n) is 14.0. The Bertz CT molecular complexity index is 1270. The van der Waals surface area contributed by atoms with Crippen LogP contribution in [-0.2, 0) is 28.3 Å². The van der Waals surface area contributed by atoms with Crippen LogP contribution in [0.2, 0.25) is 10.0 Å². The predicted octanol–water partition coefficient (Wildman–Crippen LogP) is 7.93. The molecule has 4 rings (SSSR count). The van der Waals surface area contributed by atoms with E-state index in [9.17, 15) is 9.59 Å². The maximum absolute atomic E-state index is 13.9. The lowest BCUT2D eigenvalue weighted by molar-refractivity contribution is -0.139. The van der Waals surface area contributed by atoms with Crippen molar-refractivity contribution in [2.45, 2.75) is 76.8 Å². The number of nitrogens with zero attached hydrogens (tertiary/aromatic N) is 1. The van der Waals surface area contributed by atoms with E-state index in [0.29, 0.717) is 16.5 Å². The second kappa shape index (κ2) is 15.0. The topological polar surface area (TPSA) is 49.4 Å². The summed E-state index contributed by atoms with van der Waals surface area (Å²) in [5.74, 6) is 0.801. The van der Waals surface area contributed by atoms with E-state index in [1.165, 1.54) is 23.1 Å². The number of aryl methyl sites for hydroxylation is 2. The lowest BCUT2D eigenvalue weighted by atomic mass is 9.94. The lowest BCUT2D eigenvalue weighted by Gasteiger charge is -2.33. The van der Waals surface area contributed by atoms with E-state index in [1.807, 2.05) is 36.4 Å². The largest absolute Gasteiger partial charge is 0.352 e. The molecule has 212 valence electrons. The van der Waals surface area contributed by atoms with Crippen LogP contribution in [0.3, 0.4) is 0 Å². The second-order valence-electron chi connectivity index (χ2n) is 10.8. The highest BCUT2D eigenvalue weighted by Gasteiger charge is 2.32. The normalized spacial score (nSPS) is 14.5. The van der Waals surface area contributed by atoms with Crippen molar-refractivity contribution >= 4 is 46.8 Å². The molecule has 0 heterocycles. The molecule has 1 atom stereocenters. The SMILES string of the molecule is Cc1cc(C)cc(CSCC(=O)N(Cc2ccc(Cl)cc2Cl)[C@H](Cc2ccccc2)C(=O)NC2CCCCC2)c1. The van der Waals surface area contributed by atoms with E-state index in [1.54, 1.807) is 28.8 Å². The molecule has 0 radical (unpaired) electrons. The number of hydrogen-bond donors (Lipinski definition) is 1. The third-order valence-corrected chi connectivity index (χ3v) is 8.93. The summed E-state index contributed by atoms with van der Waals surface area (Å²) in [5, 5.41) is 4.30. The minimum Gasteiger partial charge on any atom is -0.352 e. The average molecular weight is 598 g/mol. The van der Waals surface area contributed by atoms with Gasteiger partial charge in [-0.3, -0.25) is 9.59 Å². The molecule has 7 heteroatoms. The molecule has 4 nitrogen and oxygen atoms in total. The number of carbonyl (C=O) groups excluding carboxylic acids is 2. The van der Waals surface area contributed by atoms with Crippen LogP contribution in [0.4, 0.5) is 0 Å². The van der Waals surface area contributed by atoms with E-state index in [2.05, 4.69) is 37.4 Å². The fourth-order valence-corrected chi connectivity index (χ4v) is 6.74. The van der Waals surface area contributed by atoms with Crippen molar-refractivity contribution in [1.29, 1.82) is 0 Å². The van der Waals surface area contributed by atoms with Crippen LogP contribution in [0.5, 0.6) is 0 Å². The zero-order valence-corrected chi connectivity index (χ0v) is 25.6. The third-order valence-electron chi connectivity index (χ3n) is 7.35. The third kappa shape index (κ3) is 9.02. The number of hydrogen-bond acceptors (Lipinski definition) is 3. The van der Waals surface area contributed by atoms with E-state index in [-0.39, 0.29) is 30.2 Å². The van der Waals surface area contributed by atoms with E-state index in [0.717, 1.165) is 42.6 Å². The van der Waals surface area contributed by atoms with Gasteiger partial charge in [0.1, 0.15) is 6.04 Å². The molecular weight excluding hydrogens is 559 g/mol. The minimum absolute atomic E-state index is 0.0832. The molecule has 1 fully saturated rings. The smallest absolute Gasteiger partial charge is 0.243 e. The summed E-state index contributed by atoms with van der Waals surface area (Å²) in [6.07, 6.45) is 5.83. The minimum atomic E-state index is -0.662. The van der Waals surface area contributed by atoms with Gasteiger partial charge in [0.05, 0.1) is 5.75 Å². The van der Waals surface area contributed by atoms with Crippen molar-refractivity contribution in [3.8, 4) is 0 Å². The second-order valence-corrected chi connectivity index (χ2v) is 12.6. The van der Waals surface area contributed by atoms with Gasteiger partial charge in [-0.05, 0) is 55.5 Å². The molecule has 2 amide bonds. The van der Waals surface area contributed by atoms with Gasteiger partial charge in [0.25, 0.3) is 0 Å². The molecule has 3 aromatic carbocycles. The fourth-order valence-electron chi connectivity index (χ4n) is 5.42. The molecule has 0 spiro atoms. The summed E-state index contributed by atoms with van der Waals surface area (Å²) in [6, 6.07) is 21.2. The molecule has 0 saturated heterocycles. The Kier molecular flexibility index (Phi) is 11.4. The van der Waals surface area contributed by atoms with Gasteiger partial charge in [0, 0.05) is 34.8 Å². The maximum Gasteiger partial charge on any atom is 0.243 e. The van der Waals surface area contributed by atoms with Gasteiger partial charge in [0.2, 0.25) is 11.8 Å². The number of rotatable bonds is 11. The maximum atomic E-state index is 13.9. The number of nitrogens with one attached hydrogen (secondary N) is 1. The number of thioether (sulfide) groups is 1. The highest BCUT2D eigenvalue weighted by Crippen LogP contribution is 2.26. The summed E-state index contributed by atoms with van der Waals surface area (Å²) >= 11 is 14.3. The molecule has 1 N–H and O–H groups in total. The Morgan fingerprint density at radius 2 is 1.62 bits per heavy atom. The first-order valence-corrected chi connectivity index (χ1v) is 15.9. The Labute approximate surface area is 252 Å². The molecule has 1 aliphatic carbocycles. The number of benzene rings is 3. The van der Waals surface area contributed by atoms with Crippen LogP contribution in [0.15, 0.2) is 66.7 Å². The number of carbonyl (C=O) groups is 2. The van der Waals surface area contributed by atoms with Crippen molar-refractivity contribution in [3.05, 3.63) is 105 Å². The highest BCUT2D eigenvalue weighted by atomic mass is 35.5. The van der Waals surface area contributed by atoms with Crippen LogP contribution in [0, 0.1) is 13.8 Å². The highest BCUT2D eigenvalue weighted by molar-refractivity contribution is 7.99.